The summed E-state index contributed by atoms with van der Waals surface area (Å²) in [5, 5.41) is 4.15. The summed E-state index contributed by atoms with van der Waals surface area (Å²) in [6, 6.07) is 8.07. The average Bonchev–Trinajstić information content (AvgIpc) is 3.02. The molecule has 1 saturated carbocycles. The lowest BCUT2D eigenvalue weighted by molar-refractivity contribution is -0.140. The van der Waals surface area contributed by atoms with Gasteiger partial charge in [0.2, 0.25) is 17.6 Å². The largest absolute Gasteiger partial charge is 0.342 e. The van der Waals surface area contributed by atoms with Crippen molar-refractivity contribution < 1.29 is 9.32 Å². The Labute approximate surface area is 148 Å². The molecule has 4 rings (SSSR count). The molecule has 132 valence electrons. The maximum atomic E-state index is 12.5. The fourth-order valence-electron chi connectivity index (χ4n) is 3.86. The van der Waals surface area contributed by atoms with Crippen LogP contribution in [0, 0.1) is 18.8 Å². The number of likely N-dealkylation sites (tertiary alicyclic amines) is 1. The number of amides is 1. The number of benzene rings is 1. The van der Waals surface area contributed by atoms with Crippen LogP contribution in [0.1, 0.15) is 43.6 Å². The van der Waals surface area contributed by atoms with E-state index in [0.717, 1.165) is 56.3 Å². The smallest absolute Gasteiger partial charge is 0.227 e. The highest BCUT2D eigenvalue weighted by Gasteiger charge is 2.32. The van der Waals surface area contributed by atoms with Crippen LogP contribution >= 0.6 is 0 Å². The Morgan fingerprint density at radius 3 is 2.84 bits per heavy atom. The van der Waals surface area contributed by atoms with E-state index in [9.17, 15) is 4.79 Å². The van der Waals surface area contributed by atoms with E-state index in [-0.39, 0.29) is 5.92 Å². The molecule has 1 unspecified atom stereocenters. The lowest BCUT2D eigenvalue weighted by Crippen LogP contribution is -2.45. The van der Waals surface area contributed by atoms with Crippen LogP contribution in [0.2, 0.25) is 0 Å². The van der Waals surface area contributed by atoms with Crippen molar-refractivity contribution in [1.82, 2.24) is 15.0 Å². The van der Waals surface area contributed by atoms with Gasteiger partial charge in [-0.3, -0.25) is 4.79 Å². The quantitative estimate of drug-likeness (QED) is 0.853. The lowest BCUT2D eigenvalue weighted by atomic mass is 9.83. The first kappa shape index (κ1) is 16.3. The highest BCUT2D eigenvalue weighted by Crippen LogP contribution is 2.30. The maximum absolute atomic E-state index is 12.5. The molecule has 5 heteroatoms. The van der Waals surface area contributed by atoms with Gasteiger partial charge in [0.25, 0.3) is 0 Å². The van der Waals surface area contributed by atoms with Crippen LogP contribution < -0.4 is 0 Å². The Morgan fingerprint density at radius 1 is 1.24 bits per heavy atom. The normalized spacial score (nSPS) is 21.2. The molecule has 1 aromatic carbocycles. The first-order valence-corrected chi connectivity index (χ1v) is 9.38. The number of hydrogen-bond donors (Lipinski definition) is 0. The summed E-state index contributed by atoms with van der Waals surface area (Å²) in [6.07, 6.45) is 6.30. The van der Waals surface area contributed by atoms with Crippen molar-refractivity contribution in [2.45, 2.75) is 45.4 Å². The predicted octanol–water partition coefficient (Wildman–Crippen LogP) is 3.63. The molecule has 0 N–H and O–H groups in total. The summed E-state index contributed by atoms with van der Waals surface area (Å²) in [7, 11) is 0. The van der Waals surface area contributed by atoms with Gasteiger partial charge in [-0.05, 0) is 44.1 Å². The Balaban J connectivity index is 1.40. The van der Waals surface area contributed by atoms with Crippen molar-refractivity contribution in [2.75, 3.05) is 13.1 Å². The third-order valence-corrected chi connectivity index (χ3v) is 5.60. The summed E-state index contributed by atoms with van der Waals surface area (Å²) in [4.78, 5) is 19.1. The number of aryl methyl sites for hydroxylation is 1. The number of carbonyl (C=O) groups is 1. The molecule has 1 amide bonds. The van der Waals surface area contributed by atoms with Crippen molar-refractivity contribution in [3.05, 3.63) is 35.7 Å². The minimum atomic E-state index is 0.287. The molecule has 1 atom stereocenters. The minimum absolute atomic E-state index is 0.287. The average molecular weight is 339 g/mol. The molecule has 1 aliphatic carbocycles. The molecular formula is C20H25N3O2. The minimum Gasteiger partial charge on any atom is -0.342 e. The SMILES string of the molecule is Cc1ccccc1-c1noc(CC2CCCN(C(=O)C3CCC3)C2)n1. The zero-order valence-corrected chi connectivity index (χ0v) is 14.8. The number of hydrogen-bond acceptors (Lipinski definition) is 4. The fourth-order valence-corrected chi connectivity index (χ4v) is 3.86. The van der Waals surface area contributed by atoms with E-state index >= 15 is 0 Å². The standard InChI is InChI=1S/C20H25N3O2/c1-14-6-2-3-10-17(14)19-21-18(25-22-19)12-15-7-5-11-23(13-15)20(24)16-8-4-9-16/h2-3,6,10,15-16H,4-5,7-9,11-13H2,1H3. The number of aromatic nitrogens is 2. The van der Waals surface area contributed by atoms with E-state index in [1.165, 1.54) is 6.42 Å². The molecule has 0 bridgehead atoms. The Kier molecular flexibility index (Phi) is 4.55. The first-order chi connectivity index (χ1) is 12.2. The van der Waals surface area contributed by atoms with Crippen LogP contribution in [0.5, 0.6) is 0 Å². The summed E-state index contributed by atoms with van der Waals surface area (Å²) >= 11 is 0. The third-order valence-electron chi connectivity index (χ3n) is 5.60. The second kappa shape index (κ2) is 6.98. The molecule has 1 aliphatic heterocycles. The highest BCUT2D eigenvalue weighted by molar-refractivity contribution is 5.79. The Hall–Kier alpha value is -2.17. The molecule has 25 heavy (non-hydrogen) atoms. The molecular weight excluding hydrogens is 314 g/mol. The summed E-state index contributed by atoms with van der Waals surface area (Å²) in [5.41, 5.74) is 2.16. The van der Waals surface area contributed by atoms with Gasteiger partial charge in [-0.2, -0.15) is 4.98 Å². The second-order valence-corrected chi connectivity index (χ2v) is 7.45. The zero-order chi connectivity index (χ0) is 17.2. The zero-order valence-electron chi connectivity index (χ0n) is 14.8. The molecule has 2 aromatic rings. The molecule has 2 fully saturated rings. The van der Waals surface area contributed by atoms with E-state index in [2.05, 4.69) is 28.0 Å². The summed E-state index contributed by atoms with van der Waals surface area (Å²) < 4.78 is 5.49. The number of nitrogens with zero attached hydrogens (tertiary/aromatic N) is 3. The van der Waals surface area contributed by atoms with Gasteiger partial charge in [-0.1, -0.05) is 35.8 Å². The number of piperidine rings is 1. The van der Waals surface area contributed by atoms with Crippen molar-refractivity contribution >= 4 is 5.91 Å². The predicted molar refractivity (Wildman–Crippen MR) is 94.8 cm³/mol. The van der Waals surface area contributed by atoms with Crippen molar-refractivity contribution in [2.24, 2.45) is 11.8 Å². The Bertz CT molecular complexity index is 751. The molecule has 1 aromatic heterocycles. The van der Waals surface area contributed by atoms with Gasteiger partial charge < -0.3 is 9.42 Å². The highest BCUT2D eigenvalue weighted by atomic mass is 16.5. The van der Waals surface area contributed by atoms with Crippen molar-refractivity contribution in [3.8, 4) is 11.4 Å². The van der Waals surface area contributed by atoms with Gasteiger partial charge in [0.15, 0.2) is 0 Å². The van der Waals surface area contributed by atoms with Gasteiger partial charge in [0.05, 0.1) is 0 Å². The van der Waals surface area contributed by atoms with Gasteiger partial charge in [-0.25, -0.2) is 0 Å². The van der Waals surface area contributed by atoms with E-state index in [4.69, 9.17) is 4.52 Å². The maximum Gasteiger partial charge on any atom is 0.227 e. The van der Waals surface area contributed by atoms with E-state index in [1.807, 2.05) is 18.2 Å². The van der Waals surface area contributed by atoms with Gasteiger partial charge in [0, 0.05) is 31.0 Å². The summed E-state index contributed by atoms with van der Waals surface area (Å²) in [6.45, 7) is 3.79. The van der Waals surface area contributed by atoms with Crippen LogP contribution in [0.15, 0.2) is 28.8 Å². The molecule has 2 aliphatic rings. The van der Waals surface area contributed by atoms with E-state index < -0.39 is 0 Å². The number of rotatable bonds is 4. The lowest BCUT2D eigenvalue weighted by Gasteiger charge is -2.37. The van der Waals surface area contributed by atoms with Crippen LogP contribution in [0.25, 0.3) is 11.4 Å². The summed E-state index contributed by atoms with van der Waals surface area (Å²) in [5.74, 6) is 2.41. The van der Waals surface area contributed by atoms with Gasteiger partial charge >= 0.3 is 0 Å². The van der Waals surface area contributed by atoms with Crippen LogP contribution in [-0.4, -0.2) is 34.0 Å². The fraction of sp³-hybridized carbons (Fsp3) is 0.550. The number of carbonyl (C=O) groups excluding carboxylic acids is 1. The van der Waals surface area contributed by atoms with Crippen molar-refractivity contribution in [1.29, 1.82) is 0 Å². The molecule has 0 radical (unpaired) electrons. The second-order valence-electron chi connectivity index (χ2n) is 7.45. The van der Waals surface area contributed by atoms with Crippen LogP contribution in [0.3, 0.4) is 0 Å². The molecule has 0 spiro atoms. The van der Waals surface area contributed by atoms with E-state index in [0.29, 0.717) is 23.5 Å². The monoisotopic (exact) mass is 339 g/mol. The first-order valence-electron chi connectivity index (χ1n) is 9.38. The molecule has 2 heterocycles. The third kappa shape index (κ3) is 3.46. The molecule has 1 saturated heterocycles. The van der Waals surface area contributed by atoms with Crippen molar-refractivity contribution in [3.63, 3.8) is 0 Å². The van der Waals surface area contributed by atoms with Gasteiger partial charge in [0.1, 0.15) is 0 Å². The van der Waals surface area contributed by atoms with Gasteiger partial charge in [-0.15, -0.1) is 0 Å². The topological polar surface area (TPSA) is 59.2 Å². The van der Waals surface area contributed by atoms with Crippen LogP contribution in [-0.2, 0) is 11.2 Å². The Morgan fingerprint density at radius 2 is 2.08 bits per heavy atom. The van der Waals surface area contributed by atoms with E-state index in [1.54, 1.807) is 0 Å². The van der Waals surface area contributed by atoms with Crippen LogP contribution in [0.4, 0.5) is 0 Å². The molecule has 5 nitrogen and oxygen atoms in total.